The molecule has 0 saturated heterocycles. The number of rotatable bonds is 8. The summed E-state index contributed by atoms with van der Waals surface area (Å²) in [5, 5.41) is 19.6. The van der Waals surface area contributed by atoms with Crippen molar-refractivity contribution in [2.75, 3.05) is 20.8 Å². The highest BCUT2D eigenvalue weighted by atomic mass is 16.5. The summed E-state index contributed by atoms with van der Waals surface area (Å²) in [7, 11) is 2.94. The molecule has 1 atom stereocenters. The van der Waals surface area contributed by atoms with Gasteiger partial charge in [0.25, 0.3) is 0 Å². The molecule has 0 spiro atoms. The monoisotopic (exact) mass is 378 g/mol. The number of hydrogen-bond donors (Lipinski definition) is 2. The zero-order valence-electron chi connectivity index (χ0n) is 15.4. The van der Waals surface area contributed by atoms with Crippen molar-refractivity contribution in [1.29, 1.82) is 0 Å². The van der Waals surface area contributed by atoms with E-state index in [4.69, 9.17) is 18.6 Å². The molecule has 2 rings (SSSR count). The van der Waals surface area contributed by atoms with Gasteiger partial charge in [0.05, 0.1) is 33.2 Å². The zero-order valence-corrected chi connectivity index (χ0v) is 15.4. The molecule has 0 aliphatic carbocycles. The first kappa shape index (κ1) is 20.3. The van der Waals surface area contributed by atoms with Crippen molar-refractivity contribution in [3.8, 4) is 17.2 Å². The lowest BCUT2D eigenvalue weighted by Gasteiger charge is -2.20. The van der Waals surface area contributed by atoms with Crippen LogP contribution in [-0.2, 0) is 16.1 Å². The summed E-state index contributed by atoms with van der Waals surface area (Å²) in [6.45, 7) is 1.32. The van der Waals surface area contributed by atoms with Crippen molar-refractivity contribution in [3.63, 3.8) is 0 Å². The fraction of sp³-hybridized carbons (Fsp3) is 0.368. The second kappa shape index (κ2) is 9.09. The molecule has 0 saturated carbocycles. The molecule has 146 valence electrons. The number of aromatic hydroxyl groups is 1. The summed E-state index contributed by atoms with van der Waals surface area (Å²) < 4.78 is 21.0. The molecule has 0 aliphatic heterocycles. The predicted octanol–water partition coefficient (Wildman–Crippen LogP) is 1.94. The largest absolute Gasteiger partial charge is 0.502 e. The molecule has 0 radical (unpaired) electrons. The fourth-order valence-electron chi connectivity index (χ4n) is 2.71. The van der Waals surface area contributed by atoms with E-state index in [1.165, 1.54) is 14.2 Å². The van der Waals surface area contributed by atoms with E-state index in [1.807, 2.05) is 0 Å². The van der Waals surface area contributed by atoms with Gasteiger partial charge in [-0.25, -0.2) is 0 Å². The highest BCUT2D eigenvalue weighted by Crippen LogP contribution is 2.39. The van der Waals surface area contributed by atoms with Crippen LogP contribution in [0.2, 0.25) is 0 Å². The van der Waals surface area contributed by atoms with Gasteiger partial charge in [0.2, 0.25) is 11.2 Å². The summed E-state index contributed by atoms with van der Waals surface area (Å²) in [6.07, 6.45) is -0.206. The summed E-state index contributed by atoms with van der Waals surface area (Å²) in [6, 6.07) is 5.90. The van der Waals surface area contributed by atoms with Crippen molar-refractivity contribution < 1.29 is 33.6 Å². The minimum Gasteiger partial charge on any atom is -0.502 e. The van der Waals surface area contributed by atoms with Gasteiger partial charge in [-0.3, -0.25) is 9.59 Å². The number of aliphatic hydroxyl groups is 1. The number of aliphatic hydroxyl groups excluding tert-OH is 1. The lowest BCUT2D eigenvalue weighted by Crippen LogP contribution is -2.15. The van der Waals surface area contributed by atoms with Gasteiger partial charge in [0, 0.05) is 17.7 Å². The molecular formula is C19H22O8. The molecule has 8 heteroatoms. The number of carbonyl (C=O) groups is 1. The van der Waals surface area contributed by atoms with Crippen LogP contribution in [0.5, 0.6) is 17.2 Å². The molecule has 1 aromatic carbocycles. The molecule has 0 unspecified atom stereocenters. The number of ether oxygens (including phenoxy) is 3. The van der Waals surface area contributed by atoms with Gasteiger partial charge in [0.15, 0.2) is 5.76 Å². The molecule has 27 heavy (non-hydrogen) atoms. The molecular weight excluding hydrogens is 356 g/mol. The molecule has 0 bridgehead atoms. The van der Waals surface area contributed by atoms with E-state index < -0.39 is 29.7 Å². The highest BCUT2D eigenvalue weighted by molar-refractivity contribution is 5.72. The van der Waals surface area contributed by atoms with E-state index in [2.05, 4.69) is 0 Å². The number of carbonyl (C=O) groups excluding carboxylic acids is 1. The van der Waals surface area contributed by atoms with Crippen LogP contribution in [0.1, 0.15) is 36.3 Å². The Morgan fingerprint density at radius 2 is 1.96 bits per heavy atom. The molecule has 0 amide bonds. The molecule has 1 aromatic heterocycles. The van der Waals surface area contributed by atoms with Gasteiger partial charge in [-0.1, -0.05) is 6.07 Å². The third-order valence-corrected chi connectivity index (χ3v) is 3.96. The van der Waals surface area contributed by atoms with E-state index >= 15 is 0 Å². The van der Waals surface area contributed by atoms with Gasteiger partial charge in [-0.05, 0) is 13.0 Å². The van der Waals surface area contributed by atoms with E-state index in [0.717, 1.165) is 6.07 Å². The summed E-state index contributed by atoms with van der Waals surface area (Å²) >= 11 is 0. The van der Waals surface area contributed by atoms with Crippen molar-refractivity contribution >= 4 is 5.97 Å². The first-order valence-corrected chi connectivity index (χ1v) is 8.29. The fourth-order valence-corrected chi connectivity index (χ4v) is 2.71. The van der Waals surface area contributed by atoms with E-state index in [0.29, 0.717) is 17.1 Å². The molecule has 0 aliphatic rings. The van der Waals surface area contributed by atoms with Crippen molar-refractivity contribution in [1.82, 2.24) is 0 Å². The predicted molar refractivity (Wildman–Crippen MR) is 95.2 cm³/mol. The topological polar surface area (TPSA) is 115 Å². The van der Waals surface area contributed by atoms with Gasteiger partial charge in [0.1, 0.15) is 23.9 Å². The summed E-state index contributed by atoms with van der Waals surface area (Å²) in [5.41, 5.74) is -0.235. The Balaban J connectivity index is 2.65. The Morgan fingerprint density at radius 3 is 2.56 bits per heavy atom. The molecule has 8 nitrogen and oxygen atoms in total. The number of esters is 1. The third-order valence-electron chi connectivity index (χ3n) is 3.96. The first-order valence-electron chi connectivity index (χ1n) is 8.29. The standard InChI is InChI=1S/C19H22O8/c1-4-26-17(22)9-14(13-6-5-11(24-2)8-16(13)25-3)19-18(23)15(21)7-12(10-20)27-19/h5-8,14,20,23H,4,9-10H2,1-3H3/t14-/m0/s1. The van der Waals surface area contributed by atoms with Crippen LogP contribution >= 0.6 is 0 Å². The molecule has 0 fully saturated rings. The normalized spacial score (nSPS) is 11.7. The zero-order chi connectivity index (χ0) is 20.0. The van der Waals surface area contributed by atoms with Gasteiger partial charge < -0.3 is 28.8 Å². The second-order valence-electron chi connectivity index (χ2n) is 5.62. The number of benzene rings is 1. The van der Waals surface area contributed by atoms with E-state index in [9.17, 15) is 19.8 Å². The van der Waals surface area contributed by atoms with Crippen LogP contribution < -0.4 is 14.9 Å². The Morgan fingerprint density at radius 1 is 1.22 bits per heavy atom. The number of hydrogen-bond acceptors (Lipinski definition) is 8. The average Bonchev–Trinajstić information content (AvgIpc) is 2.68. The maximum absolute atomic E-state index is 12.1. The minimum absolute atomic E-state index is 0.0332. The second-order valence-corrected chi connectivity index (χ2v) is 5.62. The molecule has 2 N–H and O–H groups in total. The van der Waals surface area contributed by atoms with Gasteiger partial charge in [-0.15, -0.1) is 0 Å². The van der Waals surface area contributed by atoms with Gasteiger partial charge in [-0.2, -0.15) is 0 Å². The van der Waals surface area contributed by atoms with E-state index in [-0.39, 0.29) is 24.5 Å². The first-order chi connectivity index (χ1) is 12.9. The smallest absolute Gasteiger partial charge is 0.306 e. The van der Waals surface area contributed by atoms with Crippen LogP contribution in [0.15, 0.2) is 33.5 Å². The Hall–Kier alpha value is -3.00. The highest BCUT2D eigenvalue weighted by Gasteiger charge is 2.29. The van der Waals surface area contributed by atoms with E-state index in [1.54, 1.807) is 25.1 Å². The Bertz CT molecular complexity index is 855. The van der Waals surface area contributed by atoms with Gasteiger partial charge >= 0.3 is 5.97 Å². The third kappa shape index (κ3) is 4.59. The Labute approximate surface area is 155 Å². The quantitative estimate of drug-likeness (QED) is 0.670. The average molecular weight is 378 g/mol. The maximum atomic E-state index is 12.1. The summed E-state index contributed by atoms with van der Waals surface area (Å²) in [4.78, 5) is 24.2. The maximum Gasteiger partial charge on any atom is 0.306 e. The van der Waals surface area contributed by atoms with Crippen LogP contribution in [0.3, 0.4) is 0 Å². The Kier molecular flexibility index (Phi) is 6.84. The van der Waals surface area contributed by atoms with Crippen LogP contribution in [-0.4, -0.2) is 37.0 Å². The van der Waals surface area contributed by atoms with Crippen LogP contribution in [0, 0.1) is 0 Å². The number of methoxy groups -OCH3 is 2. The van der Waals surface area contributed by atoms with Crippen molar-refractivity contribution in [2.45, 2.75) is 25.9 Å². The van der Waals surface area contributed by atoms with Crippen LogP contribution in [0.25, 0.3) is 0 Å². The van der Waals surface area contributed by atoms with Crippen LogP contribution in [0.4, 0.5) is 0 Å². The van der Waals surface area contributed by atoms with Crippen molar-refractivity contribution in [2.24, 2.45) is 0 Å². The molecule has 1 heterocycles. The molecule has 2 aromatic rings. The lowest BCUT2D eigenvalue weighted by molar-refractivity contribution is -0.143. The lowest BCUT2D eigenvalue weighted by atomic mass is 9.91. The SMILES string of the molecule is CCOC(=O)C[C@@H](c1ccc(OC)cc1OC)c1oc(CO)cc(=O)c1O. The summed E-state index contributed by atoms with van der Waals surface area (Å²) in [5.74, 6) is -1.34. The van der Waals surface area contributed by atoms with Crippen molar-refractivity contribution in [3.05, 3.63) is 51.6 Å². The minimum atomic E-state index is -0.871.